The highest BCUT2D eigenvalue weighted by atomic mass is 32.1. The van der Waals surface area contributed by atoms with Gasteiger partial charge in [0.15, 0.2) is 0 Å². The second-order valence-electron chi connectivity index (χ2n) is 9.51. The fraction of sp³-hybridized carbons (Fsp3) is 0.519. The Hall–Kier alpha value is -2.35. The van der Waals surface area contributed by atoms with Crippen LogP contribution >= 0.6 is 11.3 Å². The number of aromatic nitrogens is 3. The maximum atomic E-state index is 8.75. The zero-order chi connectivity index (χ0) is 23.9. The second kappa shape index (κ2) is 11.9. The highest BCUT2D eigenvalue weighted by molar-refractivity contribution is 7.15. The minimum atomic E-state index is -0.431. The molecule has 2 aliphatic rings. The fourth-order valence-electron chi connectivity index (χ4n) is 4.71. The van der Waals surface area contributed by atoms with E-state index in [1.54, 1.807) is 11.3 Å². The van der Waals surface area contributed by atoms with Crippen LogP contribution in [0.3, 0.4) is 0 Å². The quantitative estimate of drug-likeness (QED) is 0.401. The lowest BCUT2D eigenvalue weighted by Gasteiger charge is -2.26. The first kappa shape index (κ1) is 24.8. The van der Waals surface area contributed by atoms with Crippen LogP contribution in [0.1, 0.15) is 74.8 Å². The zero-order valence-corrected chi connectivity index (χ0v) is 21.0. The van der Waals surface area contributed by atoms with E-state index < -0.39 is 12.2 Å². The van der Waals surface area contributed by atoms with Crippen LogP contribution in [0.25, 0.3) is 10.6 Å². The molecule has 0 aliphatic heterocycles. The minimum absolute atomic E-state index is 0.431. The molecular weight excluding hydrogens is 444 g/mol. The van der Waals surface area contributed by atoms with Gasteiger partial charge in [-0.3, -0.25) is 0 Å². The standard InChI is InChI=1S/C22H26N4S.C5H10O2/c1-3-16-7-9-17(10-8-16)22-24-14-19(27-22)18-5-4-6-20(25-18)26-21-13-15(2)11-12-23-21;6-4-2-1-3-5(4)7/h4-6,11-14,16-17H,3,7-10H2,1-2H3,(H,23,25,26);4-7H,1-3H2. The third-order valence-corrected chi connectivity index (χ3v) is 8.10. The van der Waals surface area contributed by atoms with Gasteiger partial charge in [0.25, 0.3) is 0 Å². The Kier molecular flexibility index (Phi) is 8.64. The topological polar surface area (TPSA) is 91.2 Å². The Morgan fingerprint density at radius 2 is 1.74 bits per heavy atom. The van der Waals surface area contributed by atoms with Crippen LogP contribution in [0.2, 0.25) is 0 Å². The predicted octanol–water partition coefficient (Wildman–Crippen LogP) is 6.23. The smallest absolute Gasteiger partial charge is 0.132 e. The molecule has 2 fully saturated rings. The summed E-state index contributed by atoms with van der Waals surface area (Å²) in [7, 11) is 0. The first-order valence-electron chi connectivity index (χ1n) is 12.5. The molecule has 0 aromatic carbocycles. The van der Waals surface area contributed by atoms with Crippen molar-refractivity contribution in [2.45, 2.75) is 83.3 Å². The Balaban J connectivity index is 0.000000336. The normalized spacial score (nSPS) is 24.4. The number of anilines is 2. The van der Waals surface area contributed by atoms with Gasteiger partial charge in [0.05, 0.1) is 27.8 Å². The monoisotopic (exact) mass is 480 g/mol. The van der Waals surface area contributed by atoms with Crippen LogP contribution in [-0.2, 0) is 0 Å². The van der Waals surface area contributed by atoms with E-state index in [9.17, 15) is 0 Å². The second-order valence-corrected chi connectivity index (χ2v) is 10.6. The minimum Gasteiger partial charge on any atom is -0.390 e. The summed E-state index contributed by atoms with van der Waals surface area (Å²) >= 11 is 1.80. The molecule has 7 heteroatoms. The van der Waals surface area contributed by atoms with Gasteiger partial charge in [-0.15, -0.1) is 11.3 Å². The highest BCUT2D eigenvalue weighted by Crippen LogP contribution is 2.40. The van der Waals surface area contributed by atoms with E-state index in [2.05, 4.69) is 30.2 Å². The number of hydrogen-bond donors (Lipinski definition) is 3. The number of aryl methyl sites for hydroxylation is 1. The van der Waals surface area contributed by atoms with Crippen LogP contribution in [0.15, 0.2) is 42.7 Å². The number of thiazole rings is 1. The van der Waals surface area contributed by atoms with Crippen molar-refractivity contribution < 1.29 is 10.2 Å². The van der Waals surface area contributed by atoms with Crippen LogP contribution in [0.5, 0.6) is 0 Å². The number of rotatable bonds is 5. The van der Waals surface area contributed by atoms with E-state index in [0.717, 1.165) is 47.4 Å². The molecule has 2 aliphatic carbocycles. The maximum Gasteiger partial charge on any atom is 0.132 e. The molecular formula is C27H36N4O2S. The molecule has 0 saturated heterocycles. The van der Waals surface area contributed by atoms with Gasteiger partial charge in [0, 0.05) is 18.3 Å². The van der Waals surface area contributed by atoms with Crippen LogP contribution in [0.4, 0.5) is 11.6 Å². The summed E-state index contributed by atoms with van der Waals surface area (Å²) in [5, 5.41) is 22.1. The van der Waals surface area contributed by atoms with E-state index in [1.165, 1.54) is 42.7 Å². The van der Waals surface area contributed by atoms with Crippen molar-refractivity contribution in [2.24, 2.45) is 5.92 Å². The number of hydrogen-bond acceptors (Lipinski definition) is 7. The lowest BCUT2D eigenvalue weighted by Crippen LogP contribution is -2.17. The Morgan fingerprint density at radius 1 is 0.971 bits per heavy atom. The molecule has 0 spiro atoms. The lowest BCUT2D eigenvalue weighted by atomic mass is 9.81. The summed E-state index contributed by atoms with van der Waals surface area (Å²) in [4.78, 5) is 15.0. The summed E-state index contributed by atoms with van der Waals surface area (Å²) in [6.07, 6.45) is 12.0. The number of aliphatic hydroxyl groups excluding tert-OH is 2. The highest BCUT2D eigenvalue weighted by Gasteiger charge is 2.24. The van der Waals surface area contributed by atoms with Crippen molar-refractivity contribution in [1.82, 2.24) is 15.0 Å². The number of pyridine rings is 2. The Bertz CT molecular complexity index is 1040. The van der Waals surface area contributed by atoms with Gasteiger partial charge in [0.2, 0.25) is 0 Å². The van der Waals surface area contributed by atoms with Crippen molar-refractivity contribution in [2.75, 3.05) is 5.32 Å². The molecule has 6 nitrogen and oxygen atoms in total. The van der Waals surface area contributed by atoms with Crippen molar-refractivity contribution in [3.05, 3.63) is 53.3 Å². The molecule has 3 N–H and O–H groups in total. The number of nitrogens with zero attached hydrogens (tertiary/aromatic N) is 3. The molecule has 182 valence electrons. The molecule has 5 rings (SSSR count). The van der Waals surface area contributed by atoms with Crippen LogP contribution in [-0.4, -0.2) is 37.4 Å². The predicted molar refractivity (Wildman–Crippen MR) is 138 cm³/mol. The number of aliphatic hydroxyl groups is 2. The zero-order valence-electron chi connectivity index (χ0n) is 20.2. The molecule has 2 saturated carbocycles. The van der Waals surface area contributed by atoms with Gasteiger partial charge in [-0.1, -0.05) is 19.4 Å². The fourth-order valence-corrected chi connectivity index (χ4v) is 5.77. The van der Waals surface area contributed by atoms with E-state index in [-0.39, 0.29) is 0 Å². The molecule has 0 amide bonds. The molecule has 2 unspecified atom stereocenters. The van der Waals surface area contributed by atoms with Gasteiger partial charge in [0.1, 0.15) is 11.6 Å². The molecule has 3 aromatic heterocycles. The van der Waals surface area contributed by atoms with E-state index in [4.69, 9.17) is 20.2 Å². The molecule has 2 atom stereocenters. The third-order valence-electron chi connectivity index (χ3n) is 6.91. The van der Waals surface area contributed by atoms with Gasteiger partial charge >= 0.3 is 0 Å². The number of nitrogens with one attached hydrogen (secondary N) is 1. The third kappa shape index (κ3) is 6.62. The van der Waals surface area contributed by atoms with Crippen molar-refractivity contribution in [1.29, 1.82) is 0 Å². The van der Waals surface area contributed by atoms with Crippen LogP contribution in [0, 0.1) is 12.8 Å². The van der Waals surface area contributed by atoms with Gasteiger partial charge in [-0.25, -0.2) is 15.0 Å². The van der Waals surface area contributed by atoms with Gasteiger partial charge in [-0.05, 0) is 87.6 Å². The van der Waals surface area contributed by atoms with Crippen molar-refractivity contribution >= 4 is 23.0 Å². The molecule has 3 aromatic rings. The van der Waals surface area contributed by atoms with Gasteiger partial charge < -0.3 is 15.5 Å². The first-order chi connectivity index (χ1) is 16.5. The molecule has 3 heterocycles. The molecule has 34 heavy (non-hydrogen) atoms. The van der Waals surface area contributed by atoms with E-state index >= 15 is 0 Å². The summed E-state index contributed by atoms with van der Waals surface area (Å²) in [6.45, 7) is 4.37. The maximum absolute atomic E-state index is 8.75. The lowest BCUT2D eigenvalue weighted by molar-refractivity contribution is 0.0438. The summed E-state index contributed by atoms with van der Waals surface area (Å²) in [5.41, 5.74) is 2.15. The SMILES string of the molecule is CCC1CCC(c2ncc(-c3cccc(Nc4cc(C)ccn4)n3)s2)CC1.OC1CCCC1O. The summed E-state index contributed by atoms with van der Waals surface area (Å²) in [5.74, 6) is 3.17. The molecule has 0 bridgehead atoms. The average molecular weight is 481 g/mol. The van der Waals surface area contributed by atoms with Crippen molar-refractivity contribution in [3.63, 3.8) is 0 Å². The van der Waals surface area contributed by atoms with Gasteiger partial charge in [-0.2, -0.15) is 0 Å². The van der Waals surface area contributed by atoms with E-state index in [1.807, 2.05) is 36.7 Å². The Labute approximate surface area is 206 Å². The van der Waals surface area contributed by atoms with E-state index in [0.29, 0.717) is 5.92 Å². The summed E-state index contributed by atoms with van der Waals surface area (Å²) in [6, 6.07) is 10.1. The largest absolute Gasteiger partial charge is 0.390 e. The van der Waals surface area contributed by atoms with Crippen LogP contribution < -0.4 is 5.32 Å². The first-order valence-corrected chi connectivity index (χ1v) is 13.3. The summed E-state index contributed by atoms with van der Waals surface area (Å²) < 4.78 is 0. The van der Waals surface area contributed by atoms with Crippen molar-refractivity contribution in [3.8, 4) is 10.6 Å². The molecule has 0 radical (unpaired) electrons. The Morgan fingerprint density at radius 3 is 2.38 bits per heavy atom. The average Bonchev–Trinajstić information content (AvgIpc) is 3.49.